The van der Waals surface area contributed by atoms with E-state index in [1.54, 1.807) is 0 Å². The smallest absolute Gasteiger partial charge is 0.132 e. The second-order valence-corrected chi connectivity index (χ2v) is 16.8. The Kier molecular flexibility index (Phi) is 8.13. The Morgan fingerprint density at radius 1 is 0.250 bits per heavy atom. The van der Waals surface area contributed by atoms with Gasteiger partial charge in [-0.25, -0.2) is 0 Å². The molecular weight excluding hydrogens is 777 g/mol. The van der Waals surface area contributed by atoms with Gasteiger partial charge < -0.3 is 14.5 Å². The molecule has 10 aromatic carbocycles. The Hall–Kier alpha value is -8.40. The van der Waals surface area contributed by atoms with Crippen LogP contribution in [-0.2, 0) is 5.41 Å². The molecule has 1 spiro atoms. The summed E-state index contributed by atoms with van der Waals surface area (Å²) >= 11 is 0. The molecule has 0 fully saturated rings. The van der Waals surface area contributed by atoms with Gasteiger partial charge in [0.05, 0.1) is 5.41 Å². The van der Waals surface area contributed by atoms with Gasteiger partial charge >= 0.3 is 0 Å². The van der Waals surface area contributed by atoms with E-state index >= 15 is 0 Å². The number of fused-ring (bicyclic) bond motifs is 11. The lowest BCUT2D eigenvalue weighted by molar-refractivity contribution is 0.436. The Morgan fingerprint density at radius 2 is 0.547 bits per heavy atom. The van der Waals surface area contributed by atoms with Crippen LogP contribution >= 0.6 is 0 Å². The number of para-hydroxylation sites is 6. The van der Waals surface area contributed by atoms with Crippen molar-refractivity contribution in [3.8, 4) is 56.0 Å². The van der Waals surface area contributed by atoms with Crippen LogP contribution < -0.4 is 14.5 Å². The summed E-state index contributed by atoms with van der Waals surface area (Å²) < 4.78 is 6.94. The average Bonchev–Trinajstić information content (AvgIpc) is 3.65. The van der Waals surface area contributed by atoms with Crippen LogP contribution in [0.4, 0.5) is 34.1 Å². The van der Waals surface area contributed by atoms with Gasteiger partial charge in [-0.15, -0.1) is 0 Å². The molecule has 3 heteroatoms. The zero-order chi connectivity index (χ0) is 42.2. The topological polar surface area (TPSA) is 15.7 Å². The molecule has 0 bridgehead atoms. The summed E-state index contributed by atoms with van der Waals surface area (Å²) in [6, 6.07) is 88.4. The predicted octanol–water partition coefficient (Wildman–Crippen LogP) is 16.4. The van der Waals surface area contributed by atoms with Crippen molar-refractivity contribution in [3.63, 3.8) is 0 Å². The number of benzene rings is 10. The molecule has 3 nitrogen and oxygen atoms in total. The zero-order valence-electron chi connectivity index (χ0n) is 34.9. The quantitative estimate of drug-likeness (QED) is 0.166. The first-order valence-corrected chi connectivity index (χ1v) is 22.0. The van der Waals surface area contributed by atoms with Crippen molar-refractivity contribution in [2.45, 2.75) is 5.41 Å². The largest absolute Gasteiger partial charge is 0.457 e. The molecule has 64 heavy (non-hydrogen) atoms. The molecule has 0 N–H and O–H groups in total. The molecule has 10 aromatic rings. The number of hydrogen-bond donors (Lipinski definition) is 0. The first-order valence-electron chi connectivity index (χ1n) is 22.0. The zero-order valence-corrected chi connectivity index (χ0v) is 34.9. The summed E-state index contributed by atoms with van der Waals surface area (Å²) in [5, 5.41) is 0. The highest BCUT2D eigenvalue weighted by atomic mass is 16.5. The van der Waals surface area contributed by atoms with E-state index in [0.29, 0.717) is 0 Å². The maximum absolute atomic E-state index is 6.94. The van der Waals surface area contributed by atoms with Gasteiger partial charge in [-0.05, 0) is 141 Å². The summed E-state index contributed by atoms with van der Waals surface area (Å²) in [5.41, 5.74) is 20.2. The van der Waals surface area contributed by atoms with Crippen LogP contribution in [0.5, 0.6) is 11.5 Å². The Labute approximate surface area is 373 Å². The highest BCUT2D eigenvalue weighted by Crippen LogP contribution is 2.67. The minimum Gasteiger partial charge on any atom is -0.457 e. The minimum atomic E-state index is -0.780. The lowest BCUT2D eigenvalue weighted by atomic mass is 9.65. The molecule has 0 radical (unpaired) electrons. The fourth-order valence-corrected chi connectivity index (χ4v) is 10.9. The number of anilines is 6. The van der Waals surface area contributed by atoms with Crippen LogP contribution in [0, 0.1) is 0 Å². The van der Waals surface area contributed by atoms with Crippen molar-refractivity contribution in [1.29, 1.82) is 0 Å². The van der Waals surface area contributed by atoms with E-state index in [2.05, 4.69) is 252 Å². The molecular formula is C61H40N2O. The fraction of sp³-hybridized carbons (Fsp3) is 0.0164. The van der Waals surface area contributed by atoms with Gasteiger partial charge in [0.25, 0.3) is 0 Å². The van der Waals surface area contributed by atoms with Gasteiger partial charge in [0.2, 0.25) is 0 Å². The van der Waals surface area contributed by atoms with Crippen LogP contribution in [0.1, 0.15) is 22.3 Å². The van der Waals surface area contributed by atoms with E-state index < -0.39 is 5.41 Å². The lowest BCUT2D eigenvalue weighted by Crippen LogP contribution is -2.32. The minimum absolute atomic E-state index is 0.780. The molecule has 1 heterocycles. The fourth-order valence-electron chi connectivity index (χ4n) is 10.9. The van der Waals surface area contributed by atoms with E-state index in [4.69, 9.17) is 4.74 Å². The van der Waals surface area contributed by atoms with E-state index in [-0.39, 0.29) is 0 Å². The monoisotopic (exact) mass is 816 g/mol. The third kappa shape index (κ3) is 5.28. The molecule has 13 rings (SSSR count). The van der Waals surface area contributed by atoms with E-state index in [9.17, 15) is 0 Å². The number of rotatable bonds is 6. The molecule has 300 valence electrons. The van der Waals surface area contributed by atoms with E-state index in [1.807, 2.05) is 0 Å². The van der Waals surface area contributed by atoms with E-state index in [1.165, 1.54) is 55.6 Å². The highest BCUT2D eigenvalue weighted by Gasteiger charge is 2.53. The molecule has 3 aliphatic rings. The maximum Gasteiger partial charge on any atom is 0.132 e. The predicted molar refractivity (Wildman–Crippen MR) is 263 cm³/mol. The van der Waals surface area contributed by atoms with Gasteiger partial charge in [-0.3, -0.25) is 0 Å². The molecule has 0 aromatic heterocycles. The number of nitrogens with zero attached hydrogens (tertiary/aromatic N) is 2. The second-order valence-electron chi connectivity index (χ2n) is 16.8. The van der Waals surface area contributed by atoms with Crippen molar-refractivity contribution in [1.82, 2.24) is 0 Å². The van der Waals surface area contributed by atoms with Crippen LogP contribution in [0.15, 0.2) is 243 Å². The van der Waals surface area contributed by atoms with Crippen LogP contribution in [0.2, 0.25) is 0 Å². The molecule has 0 unspecified atom stereocenters. The summed E-state index contributed by atoms with van der Waals surface area (Å²) in [6.07, 6.45) is 0. The molecule has 0 amide bonds. The van der Waals surface area contributed by atoms with E-state index in [0.717, 1.165) is 56.8 Å². The second kappa shape index (κ2) is 14.3. The Morgan fingerprint density at radius 3 is 0.906 bits per heavy atom. The van der Waals surface area contributed by atoms with Crippen LogP contribution in [0.25, 0.3) is 44.5 Å². The van der Waals surface area contributed by atoms with Crippen molar-refractivity contribution in [3.05, 3.63) is 265 Å². The molecule has 0 saturated carbocycles. The summed E-state index contributed by atoms with van der Waals surface area (Å²) in [6.45, 7) is 0. The highest BCUT2D eigenvalue weighted by molar-refractivity contribution is 6.11. The van der Waals surface area contributed by atoms with Gasteiger partial charge in [0.1, 0.15) is 11.5 Å². The lowest BCUT2D eigenvalue weighted by Gasteiger charge is -2.40. The standard InChI is InChI=1S/C61H40N2O/c1-5-21-41(22-6-1)62(42-23-7-2-8-24-42)45-37-51-49-31-15-13-29-47(49)48-30-14-16-32-50(48)52-38-46(63(43-25-9-3-10-26-43)44-27-11-4-12-28-44)40-56-60(52)59(51)55(39-45)61(56)53-33-17-19-35-57(53)64-58-36-20-18-34-54(58)61/h1-40H. The first-order chi connectivity index (χ1) is 31.8. The average molecular weight is 817 g/mol. The summed E-state index contributed by atoms with van der Waals surface area (Å²) in [5.74, 6) is 1.72. The molecule has 0 atom stereocenters. The van der Waals surface area contributed by atoms with Crippen LogP contribution in [-0.4, -0.2) is 0 Å². The third-order valence-corrected chi connectivity index (χ3v) is 13.4. The molecule has 0 saturated heterocycles. The van der Waals surface area contributed by atoms with Crippen molar-refractivity contribution < 1.29 is 4.74 Å². The normalized spacial score (nSPS) is 12.9. The summed E-state index contributed by atoms with van der Waals surface area (Å²) in [7, 11) is 0. The summed E-state index contributed by atoms with van der Waals surface area (Å²) in [4.78, 5) is 4.83. The van der Waals surface area contributed by atoms with Crippen molar-refractivity contribution in [2.24, 2.45) is 0 Å². The Balaban J connectivity index is 1.25. The molecule has 1 aliphatic heterocycles. The number of ether oxygens (including phenoxy) is 1. The Bertz CT molecular complexity index is 3110. The third-order valence-electron chi connectivity index (χ3n) is 13.4. The van der Waals surface area contributed by atoms with Gasteiger partial charge in [-0.2, -0.15) is 0 Å². The van der Waals surface area contributed by atoms with Gasteiger partial charge in [0.15, 0.2) is 0 Å². The van der Waals surface area contributed by atoms with Gasteiger partial charge in [0, 0.05) is 45.3 Å². The first kappa shape index (κ1) is 36.3. The number of hydrogen-bond acceptors (Lipinski definition) is 3. The van der Waals surface area contributed by atoms with Gasteiger partial charge in [-0.1, -0.05) is 158 Å². The van der Waals surface area contributed by atoms with Crippen LogP contribution in [0.3, 0.4) is 0 Å². The SMILES string of the molecule is c1ccc(N(c2ccccc2)c2cc3c4c(c2)C2(c5ccccc5Oc5ccccc52)c2cc(N(c5ccccc5)c5ccccc5)cc(c2-4)-c2ccccc2-c2ccccc2-3)cc1. The van der Waals surface area contributed by atoms with Crippen molar-refractivity contribution >= 4 is 34.1 Å². The maximum atomic E-state index is 6.94. The molecule has 2 aliphatic carbocycles. The van der Waals surface area contributed by atoms with Crippen molar-refractivity contribution in [2.75, 3.05) is 9.80 Å².